The average Bonchev–Trinajstić information content (AvgIpc) is 2.15. The second-order valence-corrected chi connectivity index (χ2v) is 2.79. The number of hydrogen-bond acceptors (Lipinski definition) is 3. The van der Waals surface area contributed by atoms with Crippen molar-refractivity contribution < 1.29 is 14.3 Å². The number of hydrogen-bond donors (Lipinski definition) is 1. The van der Waals surface area contributed by atoms with E-state index in [4.69, 9.17) is 21.1 Å². The number of carbonyl (C=O) groups is 1. The summed E-state index contributed by atoms with van der Waals surface area (Å²) in [7, 11) is 0. The number of carbonyl (C=O) groups excluding carboxylic acids is 1. The summed E-state index contributed by atoms with van der Waals surface area (Å²) in [6.07, 6.45) is -0.457. The number of alkyl halides is 1. The zero-order valence-electron chi connectivity index (χ0n) is 6.72. The van der Waals surface area contributed by atoms with Crippen LogP contribution in [0, 0.1) is 0 Å². The van der Waals surface area contributed by atoms with Crippen molar-refractivity contribution in [3.05, 3.63) is 0 Å². The molecule has 70 valence electrons. The second-order valence-electron chi connectivity index (χ2n) is 2.41. The second kappa shape index (κ2) is 5.35. The largest absolute Gasteiger partial charge is 0.376 e. The Labute approximate surface area is 76.2 Å². The van der Waals surface area contributed by atoms with E-state index in [1.54, 1.807) is 0 Å². The van der Waals surface area contributed by atoms with Crippen molar-refractivity contribution in [2.45, 2.75) is 6.10 Å². The smallest absolute Gasteiger partial charge is 0.251 e. The molecule has 0 aromatic carbocycles. The molecule has 0 aromatic rings. The van der Waals surface area contributed by atoms with Gasteiger partial charge in [0.15, 0.2) is 6.10 Å². The molecule has 0 saturated carbocycles. The van der Waals surface area contributed by atoms with E-state index in [9.17, 15) is 4.79 Å². The highest BCUT2D eigenvalue weighted by molar-refractivity contribution is 6.18. The van der Waals surface area contributed by atoms with Crippen molar-refractivity contribution in [2.75, 3.05) is 32.2 Å². The SMILES string of the molecule is O=C(NCCCl)C1COCCO1. The van der Waals surface area contributed by atoms with Gasteiger partial charge in [0, 0.05) is 12.4 Å². The molecule has 0 radical (unpaired) electrons. The van der Waals surface area contributed by atoms with E-state index in [1.807, 2.05) is 0 Å². The van der Waals surface area contributed by atoms with Crippen LogP contribution in [0.3, 0.4) is 0 Å². The van der Waals surface area contributed by atoms with Crippen LogP contribution in [0.25, 0.3) is 0 Å². The number of rotatable bonds is 3. The van der Waals surface area contributed by atoms with Crippen molar-refractivity contribution in [1.82, 2.24) is 5.32 Å². The summed E-state index contributed by atoms with van der Waals surface area (Å²) in [5.41, 5.74) is 0. The summed E-state index contributed by atoms with van der Waals surface area (Å²) in [5, 5.41) is 2.63. The molecule has 1 unspecified atom stereocenters. The molecule has 1 amide bonds. The Kier molecular flexibility index (Phi) is 4.35. The molecule has 4 nitrogen and oxygen atoms in total. The molecule has 12 heavy (non-hydrogen) atoms. The van der Waals surface area contributed by atoms with Gasteiger partial charge in [-0.1, -0.05) is 0 Å². The first kappa shape index (κ1) is 9.77. The Hall–Kier alpha value is -0.320. The van der Waals surface area contributed by atoms with Gasteiger partial charge in [-0.15, -0.1) is 11.6 Å². The summed E-state index contributed by atoms with van der Waals surface area (Å²) in [4.78, 5) is 11.2. The third-order valence-corrected chi connectivity index (χ3v) is 1.69. The molecule has 1 atom stereocenters. The molecule has 1 saturated heterocycles. The monoisotopic (exact) mass is 193 g/mol. The number of halogens is 1. The minimum absolute atomic E-state index is 0.143. The summed E-state index contributed by atoms with van der Waals surface area (Å²) in [5.74, 6) is 0.273. The average molecular weight is 194 g/mol. The van der Waals surface area contributed by atoms with Gasteiger partial charge in [-0.3, -0.25) is 4.79 Å². The topological polar surface area (TPSA) is 47.6 Å². The van der Waals surface area contributed by atoms with E-state index in [0.717, 1.165) is 0 Å². The first-order valence-corrected chi connectivity index (χ1v) is 4.41. The molecule has 1 heterocycles. The molecule has 5 heteroatoms. The predicted octanol–water partition coefficient (Wildman–Crippen LogP) is -0.243. The van der Waals surface area contributed by atoms with Crippen molar-refractivity contribution in [2.24, 2.45) is 0 Å². The van der Waals surface area contributed by atoms with Gasteiger partial charge < -0.3 is 14.8 Å². The fourth-order valence-corrected chi connectivity index (χ4v) is 1.02. The van der Waals surface area contributed by atoms with E-state index in [1.165, 1.54) is 0 Å². The van der Waals surface area contributed by atoms with Crippen LogP contribution in [0.1, 0.15) is 0 Å². The van der Waals surface area contributed by atoms with Crippen molar-refractivity contribution >= 4 is 17.5 Å². The summed E-state index contributed by atoms with van der Waals surface area (Å²) in [6.45, 7) is 1.87. The molecule has 1 fully saturated rings. The third kappa shape index (κ3) is 2.97. The molecular formula is C7H12ClNO3. The Morgan fingerprint density at radius 1 is 1.58 bits per heavy atom. The lowest BCUT2D eigenvalue weighted by atomic mass is 10.3. The van der Waals surface area contributed by atoms with Crippen molar-refractivity contribution in [3.63, 3.8) is 0 Å². The van der Waals surface area contributed by atoms with Crippen LogP contribution in [0.15, 0.2) is 0 Å². The van der Waals surface area contributed by atoms with Crippen LogP contribution in [0.5, 0.6) is 0 Å². The van der Waals surface area contributed by atoms with E-state index < -0.39 is 6.10 Å². The standard InChI is InChI=1S/C7H12ClNO3/c8-1-2-9-7(10)6-5-11-3-4-12-6/h6H,1-5H2,(H,9,10). The first-order chi connectivity index (χ1) is 5.84. The normalized spacial score (nSPS) is 23.6. The maximum absolute atomic E-state index is 11.2. The lowest BCUT2D eigenvalue weighted by Crippen LogP contribution is -2.43. The zero-order chi connectivity index (χ0) is 8.81. The lowest BCUT2D eigenvalue weighted by Gasteiger charge is -2.21. The molecule has 0 spiro atoms. The Balaban J connectivity index is 2.20. The van der Waals surface area contributed by atoms with Gasteiger partial charge in [0.2, 0.25) is 0 Å². The lowest BCUT2D eigenvalue weighted by molar-refractivity contribution is -0.147. The zero-order valence-corrected chi connectivity index (χ0v) is 7.47. The van der Waals surface area contributed by atoms with Crippen LogP contribution in [0.2, 0.25) is 0 Å². The van der Waals surface area contributed by atoms with Gasteiger partial charge >= 0.3 is 0 Å². The first-order valence-electron chi connectivity index (χ1n) is 3.87. The van der Waals surface area contributed by atoms with Crippen LogP contribution < -0.4 is 5.32 Å². The van der Waals surface area contributed by atoms with Crippen LogP contribution in [0.4, 0.5) is 0 Å². The number of nitrogens with one attached hydrogen (secondary N) is 1. The Morgan fingerprint density at radius 2 is 2.42 bits per heavy atom. The van der Waals surface area contributed by atoms with Crippen molar-refractivity contribution in [1.29, 1.82) is 0 Å². The van der Waals surface area contributed by atoms with E-state index in [-0.39, 0.29) is 5.91 Å². The van der Waals surface area contributed by atoms with Crippen molar-refractivity contribution in [3.8, 4) is 0 Å². The Morgan fingerprint density at radius 3 is 3.00 bits per heavy atom. The highest BCUT2D eigenvalue weighted by Crippen LogP contribution is 1.99. The third-order valence-electron chi connectivity index (χ3n) is 1.50. The molecule has 1 N–H and O–H groups in total. The molecule has 0 bridgehead atoms. The molecular weight excluding hydrogens is 182 g/mol. The van der Waals surface area contributed by atoms with Gasteiger partial charge in [-0.25, -0.2) is 0 Å². The van der Waals surface area contributed by atoms with Gasteiger partial charge in [0.1, 0.15) is 0 Å². The maximum Gasteiger partial charge on any atom is 0.251 e. The maximum atomic E-state index is 11.2. The van der Waals surface area contributed by atoms with E-state index >= 15 is 0 Å². The Bertz CT molecular complexity index is 148. The summed E-state index contributed by atoms with van der Waals surface area (Å²) in [6, 6.07) is 0. The fourth-order valence-electron chi connectivity index (χ4n) is 0.923. The van der Waals surface area contributed by atoms with Gasteiger partial charge in [-0.05, 0) is 0 Å². The molecule has 0 aliphatic carbocycles. The van der Waals surface area contributed by atoms with Crippen LogP contribution in [-0.4, -0.2) is 44.3 Å². The van der Waals surface area contributed by atoms with Gasteiger partial charge in [-0.2, -0.15) is 0 Å². The van der Waals surface area contributed by atoms with Crippen LogP contribution >= 0.6 is 11.6 Å². The minimum Gasteiger partial charge on any atom is -0.376 e. The number of amides is 1. The minimum atomic E-state index is -0.457. The molecule has 1 rings (SSSR count). The number of ether oxygens (including phenoxy) is 2. The van der Waals surface area contributed by atoms with Crippen LogP contribution in [-0.2, 0) is 14.3 Å². The quantitative estimate of drug-likeness (QED) is 0.630. The fraction of sp³-hybridized carbons (Fsp3) is 0.857. The highest BCUT2D eigenvalue weighted by Gasteiger charge is 2.21. The molecule has 1 aliphatic rings. The van der Waals surface area contributed by atoms with Gasteiger partial charge in [0.05, 0.1) is 19.8 Å². The highest BCUT2D eigenvalue weighted by atomic mass is 35.5. The summed E-state index contributed by atoms with van der Waals surface area (Å²) >= 11 is 5.40. The van der Waals surface area contributed by atoms with E-state index in [0.29, 0.717) is 32.2 Å². The van der Waals surface area contributed by atoms with E-state index in [2.05, 4.69) is 5.32 Å². The predicted molar refractivity (Wildman–Crippen MR) is 44.3 cm³/mol. The summed E-state index contributed by atoms with van der Waals surface area (Å²) < 4.78 is 10.2. The molecule has 1 aliphatic heterocycles. The van der Waals surface area contributed by atoms with Gasteiger partial charge in [0.25, 0.3) is 5.91 Å². The molecule has 0 aromatic heterocycles.